The first kappa shape index (κ1) is 28.3. The minimum Gasteiger partial charge on any atom is -0.471 e. The number of nitrogens with zero attached hydrogens (tertiary/aromatic N) is 3. The predicted molar refractivity (Wildman–Crippen MR) is 155 cm³/mol. The van der Waals surface area contributed by atoms with Crippen LogP contribution in [0.1, 0.15) is 74.9 Å². The van der Waals surface area contributed by atoms with E-state index < -0.39 is 12.1 Å². The third-order valence-corrected chi connectivity index (χ3v) is 8.10. The summed E-state index contributed by atoms with van der Waals surface area (Å²) < 4.78 is 8.10. The Bertz CT molecular complexity index is 1300. The van der Waals surface area contributed by atoms with Crippen LogP contribution in [0.2, 0.25) is 0 Å². The molecule has 1 amide bonds. The van der Waals surface area contributed by atoms with Crippen LogP contribution in [0.25, 0.3) is 0 Å². The molecular formula is C32H43N5O3. The van der Waals surface area contributed by atoms with E-state index in [1.54, 1.807) is 10.9 Å². The maximum absolute atomic E-state index is 13.0. The number of aryl methyl sites for hydroxylation is 1. The molecule has 5 rings (SSSR count). The molecule has 40 heavy (non-hydrogen) atoms. The van der Waals surface area contributed by atoms with Crippen LogP contribution in [0.4, 0.5) is 0 Å². The van der Waals surface area contributed by atoms with E-state index in [9.17, 15) is 9.90 Å². The van der Waals surface area contributed by atoms with Gasteiger partial charge in [0.2, 0.25) is 11.8 Å². The summed E-state index contributed by atoms with van der Waals surface area (Å²) in [5.74, 6) is 0.534. The maximum atomic E-state index is 13.0. The van der Waals surface area contributed by atoms with Crippen molar-refractivity contribution >= 4 is 5.91 Å². The molecule has 0 radical (unpaired) electrons. The summed E-state index contributed by atoms with van der Waals surface area (Å²) in [7, 11) is 0. The zero-order valence-electron chi connectivity index (χ0n) is 24.2. The van der Waals surface area contributed by atoms with Gasteiger partial charge in [0.05, 0.1) is 12.1 Å². The van der Waals surface area contributed by atoms with Gasteiger partial charge in [-0.1, -0.05) is 51.1 Å². The fourth-order valence-corrected chi connectivity index (χ4v) is 5.86. The van der Waals surface area contributed by atoms with Crippen molar-refractivity contribution in [3.8, 4) is 5.88 Å². The van der Waals surface area contributed by atoms with Gasteiger partial charge in [-0.05, 0) is 67.7 Å². The fraction of sp³-hybridized carbons (Fsp3) is 0.531. The highest BCUT2D eigenvalue weighted by atomic mass is 16.5. The lowest BCUT2D eigenvalue weighted by Gasteiger charge is -2.47. The Morgan fingerprint density at radius 3 is 2.62 bits per heavy atom. The summed E-state index contributed by atoms with van der Waals surface area (Å²) in [5, 5.41) is 22.4. The number of fused-ring (bicyclic) bond motifs is 1. The summed E-state index contributed by atoms with van der Waals surface area (Å²) in [4.78, 5) is 17.7. The Morgan fingerprint density at radius 1 is 1.20 bits per heavy atom. The van der Waals surface area contributed by atoms with Gasteiger partial charge in [0.15, 0.2) is 0 Å². The van der Waals surface area contributed by atoms with Gasteiger partial charge in [0.25, 0.3) is 0 Å². The van der Waals surface area contributed by atoms with Crippen LogP contribution in [0, 0.1) is 12.3 Å². The number of pyridine rings is 1. The van der Waals surface area contributed by atoms with Gasteiger partial charge in [-0.15, -0.1) is 0 Å². The summed E-state index contributed by atoms with van der Waals surface area (Å²) in [6.45, 7) is 9.06. The average molecular weight is 546 g/mol. The summed E-state index contributed by atoms with van der Waals surface area (Å²) in [5.41, 5.74) is 4.20. The number of hydrogen-bond donors (Lipinski definition) is 3. The fourth-order valence-electron chi connectivity index (χ4n) is 5.86. The van der Waals surface area contributed by atoms with Gasteiger partial charge in [-0.2, -0.15) is 5.10 Å². The molecule has 0 unspecified atom stereocenters. The molecule has 3 heterocycles. The van der Waals surface area contributed by atoms with Gasteiger partial charge in [-0.25, -0.2) is 4.98 Å². The summed E-state index contributed by atoms with van der Waals surface area (Å²) in [6, 6.07) is 13.6. The third-order valence-electron chi connectivity index (χ3n) is 8.10. The molecule has 1 aliphatic heterocycles. The zero-order valence-corrected chi connectivity index (χ0v) is 24.2. The topological polar surface area (TPSA) is 101 Å². The van der Waals surface area contributed by atoms with E-state index in [1.165, 1.54) is 5.56 Å². The number of hydrogen-bond acceptors (Lipinski definition) is 6. The smallest absolute Gasteiger partial charge is 0.242 e. The number of nitrogens with one attached hydrogen (secondary N) is 2. The van der Waals surface area contributed by atoms with Crippen molar-refractivity contribution in [1.29, 1.82) is 0 Å². The molecule has 1 saturated carbocycles. The van der Waals surface area contributed by atoms with Crippen LogP contribution in [-0.2, 0) is 24.2 Å². The number of amides is 1. The first-order valence-electron chi connectivity index (χ1n) is 14.5. The number of ether oxygens (including phenoxy) is 1. The Labute approximate surface area is 237 Å². The van der Waals surface area contributed by atoms with Crippen LogP contribution < -0.4 is 15.4 Å². The number of benzene rings is 1. The minimum absolute atomic E-state index is 0.0194. The van der Waals surface area contributed by atoms with Crippen LogP contribution in [-0.4, -0.2) is 50.1 Å². The Kier molecular flexibility index (Phi) is 8.29. The highest BCUT2D eigenvalue weighted by Crippen LogP contribution is 2.48. The van der Waals surface area contributed by atoms with E-state index in [0.29, 0.717) is 18.8 Å². The first-order chi connectivity index (χ1) is 19.1. The second-order valence-corrected chi connectivity index (χ2v) is 12.8. The Morgan fingerprint density at radius 2 is 1.98 bits per heavy atom. The Balaban J connectivity index is 1.31. The molecule has 8 heteroatoms. The molecular weight excluding hydrogens is 502 g/mol. The molecule has 0 bridgehead atoms. The SMILES string of the molecule is Cc1ccnn1CC(=O)N[C@@H](Cc1ccccc1)[C@@H](O)CN[C@H]1CC2(CCC2)Oc2ncc(CC(C)(C)C)cc21. The van der Waals surface area contributed by atoms with Crippen molar-refractivity contribution in [2.75, 3.05) is 6.54 Å². The lowest BCUT2D eigenvalue weighted by Crippen LogP contribution is -2.52. The van der Waals surface area contributed by atoms with Crippen molar-refractivity contribution in [1.82, 2.24) is 25.4 Å². The van der Waals surface area contributed by atoms with Crippen LogP contribution in [0.3, 0.4) is 0 Å². The summed E-state index contributed by atoms with van der Waals surface area (Å²) in [6.07, 6.45) is 8.35. The molecule has 1 spiro atoms. The molecule has 2 aliphatic rings. The van der Waals surface area contributed by atoms with Crippen molar-refractivity contribution in [2.24, 2.45) is 5.41 Å². The first-order valence-corrected chi connectivity index (χ1v) is 14.5. The van der Waals surface area contributed by atoms with Crippen LogP contribution in [0.15, 0.2) is 54.9 Å². The lowest BCUT2D eigenvalue weighted by atomic mass is 9.73. The highest BCUT2D eigenvalue weighted by Gasteiger charge is 2.46. The van der Waals surface area contributed by atoms with E-state index in [0.717, 1.165) is 48.9 Å². The maximum Gasteiger partial charge on any atom is 0.242 e. The largest absolute Gasteiger partial charge is 0.471 e. The molecule has 1 aromatic carbocycles. The molecule has 2 aromatic heterocycles. The minimum atomic E-state index is -0.794. The van der Waals surface area contributed by atoms with E-state index in [-0.39, 0.29) is 29.5 Å². The number of aromatic nitrogens is 3. The second-order valence-electron chi connectivity index (χ2n) is 12.8. The number of aliphatic hydroxyl groups is 1. The highest BCUT2D eigenvalue weighted by molar-refractivity contribution is 5.76. The van der Waals surface area contributed by atoms with Gasteiger partial charge in [0, 0.05) is 42.7 Å². The third kappa shape index (κ3) is 6.91. The molecule has 8 nitrogen and oxygen atoms in total. The number of carbonyl (C=O) groups excluding carboxylic acids is 1. The van der Waals surface area contributed by atoms with E-state index in [2.05, 4.69) is 42.6 Å². The quantitative estimate of drug-likeness (QED) is 0.351. The lowest BCUT2D eigenvalue weighted by molar-refractivity contribution is -0.123. The number of carbonyl (C=O) groups is 1. The van der Waals surface area contributed by atoms with Gasteiger partial charge in [0.1, 0.15) is 12.1 Å². The standard InChI is InChI=1S/C32H43N5O3/c1-22-11-14-35-37(22)21-29(39)36-26(16-23-9-6-5-7-10-23)28(38)20-33-27-18-32(12-8-13-32)40-30-25(27)15-24(19-34-30)17-31(2,3)4/h5-7,9-11,14-15,19,26-28,33,38H,8,12-13,16-18,20-21H2,1-4H3,(H,36,39)/t26-,27-,28-/m0/s1. The van der Waals surface area contributed by atoms with Crippen molar-refractivity contribution < 1.29 is 14.6 Å². The zero-order chi connectivity index (χ0) is 28.3. The van der Waals surface area contributed by atoms with E-state index >= 15 is 0 Å². The second kappa shape index (κ2) is 11.7. The van der Waals surface area contributed by atoms with E-state index in [1.807, 2.05) is 49.5 Å². The van der Waals surface area contributed by atoms with Crippen molar-refractivity contribution in [3.63, 3.8) is 0 Å². The monoisotopic (exact) mass is 545 g/mol. The van der Waals surface area contributed by atoms with E-state index in [4.69, 9.17) is 9.72 Å². The molecule has 3 N–H and O–H groups in total. The molecule has 3 atom stereocenters. The number of aliphatic hydroxyl groups excluding tert-OH is 1. The Hall–Kier alpha value is -3.23. The summed E-state index contributed by atoms with van der Waals surface area (Å²) >= 11 is 0. The van der Waals surface area contributed by atoms with Crippen molar-refractivity contribution in [2.45, 2.75) is 96.6 Å². The normalized spacial score (nSPS) is 19.3. The van der Waals surface area contributed by atoms with Gasteiger partial charge < -0.3 is 20.5 Å². The molecule has 1 fully saturated rings. The van der Waals surface area contributed by atoms with Crippen LogP contribution in [0.5, 0.6) is 5.88 Å². The predicted octanol–water partition coefficient (Wildman–Crippen LogP) is 4.30. The molecule has 214 valence electrons. The van der Waals surface area contributed by atoms with Crippen molar-refractivity contribution in [3.05, 3.63) is 77.2 Å². The van der Waals surface area contributed by atoms with Gasteiger partial charge >= 0.3 is 0 Å². The van der Waals surface area contributed by atoms with Gasteiger partial charge in [-0.3, -0.25) is 9.48 Å². The van der Waals surface area contributed by atoms with Crippen LogP contribution >= 0.6 is 0 Å². The average Bonchev–Trinajstić information content (AvgIpc) is 3.29. The number of rotatable bonds is 10. The molecule has 3 aromatic rings. The molecule has 1 aliphatic carbocycles. The molecule has 0 saturated heterocycles.